The molecule has 2 heterocycles. The minimum Gasteiger partial charge on any atom is -0.507 e. The Morgan fingerprint density at radius 2 is 1.16 bits per heavy atom. The Morgan fingerprint density at radius 3 is 1.81 bits per heavy atom. The van der Waals surface area contributed by atoms with Crippen LogP contribution in [0.4, 0.5) is 0 Å². The van der Waals surface area contributed by atoms with Gasteiger partial charge < -0.3 is 5.11 Å². The van der Waals surface area contributed by atoms with E-state index in [1.165, 1.54) is 0 Å². The fourth-order valence-corrected chi connectivity index (χ4v) is 8.28. The molecule has 7 aromatic carbocycles. The summed E-state index contributed by atoms with van der Waals surface area (Å²) in [6, 6.07) is 61.1. The fraction of sp³-hybridized carbons (Fsp3) is 0.158. The summed E-state index contributed by atoms with van der Waals surface area (Å²) in [5.41, 5.74) is 16.2. The number of fused-ring (bicyclic) bond motifs is 1. The Balaban J connectivity index is 0.00000529. The molecule has 0 amide bonds. The van der Waals surface area contributed by atoms with E-state index < -0.39 is 0 Å². The van der Waals surface area contributed by atoms with Gasteiger partial charge in [0.1, 0.15) is 11.6 Å². The molecule has 310 valence electrons. The van der Waals surface area contributed by atoms with Gasteiger partial charge >= 0.3 is 0 Å². The molecule has 0 aliphatic rings. The second-order valence-electron chi connectivity index (χ2n) is 18.1. The molecule has 0 fully saturated rings. The monoisotopic (exact) mass is 987 g/mol. The molecule has 2 aromatic heterocycles. The van der Waals surface area contributed by atoms with Crippen LogP contribution < -0.4 is 0 Å². The van der Waals surface area contributed by atoms with Crippen LogP contribution in [-0.4, -0.2) is 19.6 Å². The maximum atomic E-state index is 12.4. The van der Waals surface area contributed by atoms with E-state index in [9.17, 15) is 5.11 Å². The first-order valence-corrected chi connectivity index (χ1v) is 21.0. The molecule has 0 saturated heterocycles. The Morgan fingerprint density at radius 1 is 0.532 bits per heavy atom. The molecular weight excluding hydrogens is 938 g/mol. The van der Waals surface area contributed by atoms with Crippen molar-refractivity contribution in [2.75, 3.05) is 0 Å². The van der Waals surface area contributed by atoms with Crippen molar-refractivity contribution in [2.45, 2.75) is 59.3 Å². The maximum Gasteiger partial charge on any atom is 0.148 e. The molecule has 0 aliphatic heterocycles. The van der Waals surface area contributed by atoms with Crippen LogP contribution >= 0.6 is 0 Å². The molecule has 0 bridgehead atoms. The molecule has 0 spiro atoms. The van der Waals surface area contributed by atoms with Crippen molar-refractivity contribution in [1.82, 2.24) is 14.5 Å². The first kappa shape index (κ1) is 42.3. The normalized spacial score (nSPS) is 11.7. The van der Waals surface area contributed by atoms with Crippen molar-refractivity contribution in [3.8, 4) is 78.6 Å². The predicted octanol–water partition coefficient (Wildman–Crippen LogP) is 14.8. The van der Waals surface area contributed by atoms with E-state index >= 15 is 0 Å². The van der Waals surface area contributed by atoms with Crippen LogP contribution in [0.3, 0.4) is 0 Å². The Bertz CT molecular complexity index is 3050. The van der Waals surface area contributed by atoms with E-state index in [1.807, 2.05) is 18.3 Å². The van der Waals surface area contributed by atoms with E-state index in [0.29, 0.717) is 11.4 Å². The van der Waals surface area contributed by atoms with E-state index in [0.717, 1.165) is 89.2 Å². The zero-order valence-corrected chi connectivity index (χ0v) is 38.5. The second-order valence-corrected chi connectivity index (χ2v) is 18.1. The van der Waals surface area contributed by atoms with Gasteiger partial charge in [-0.3, -0.25) is 9.55 Å². The number of phenolic OH excluding ortho intramolecular Hbond substituents is 1. The summed E-state index contributed by atoms with van der Waals surface area (Å²) in [4.78, 5) is 10.5. The van der Waals surface area contributed by atoms with Crippen molar-refractivity contribution < 1.29 is 26.2 Å². The maximum absolute atomic E-state index is 12.4. The van der Waals surface area contributed by atoms with E-state index in [2.05, 4.69) is 211 Å². The van der Waals surface area contributed by atoms with Crippen molar-refractivity contribution in [1.29, 1.82) is 0 Å². The zero-order valence-electron chi connectivity index (χ0n) is 36.3. The van der Waals surface area contributed by atoms with Crippen LogP contribution in [0.1, 0.15) is 58.2 Å². The molecule has 0 aliphatic carbocycles. The Kier molecular flexibility index (Phi) is 11.5. The standard InChI is InChI=1S/C57H50N3O.Pt/c1-37-26-27-51(47(30-37)40-22-15-10-16-23-40)60-52-25-17-24-46(53(52)59-55(60)48-35-45(56(2,3)4)36-49(54(48)61)57(5,6)7)43-31-42(39-20-13-9-14-21-39)32-44(33-43)50-34-41(28-29-58-50)38-18-11-8-12-19-38;/h8-32,34-36,61H,1-7H3;/q-1;. The molecular formula is C57H50N3OPt-. The number of pyridine rings is 1. The first-order valence-electron chi connectivity index (χ1n) is 21.0. The number of aryl methyl sites for hydroxylation is 1. The van der Waals surface area contributed by atoms with Gasteiger partial charge in [0.05, 0.1) is 22.3 Å². The van der Waals surface area contributed by atoms with E-state index in [4.69, 9.17) is 9.97 Å². The summed E-state index contributed by atoms with van der Waals surface area (Å²) < 4.78 is 2.25. The van der Waals surface area contributed by atoms with Gasteiger partial charge in [-0.1, -0.05) is 185 Å². The largest absolute Gasteiger partial charge is 0.507 e. The molecule has 0 saturated carbocycles. The summed E-state index contributed by atoms with van der Waals surface area (Å²) in [7, 11) is 0. The number of hydrogen-bond donors (Lipinski definition) is 1. The van der Waals surface area contributed by atoms with E-state index in [1.54, 1.807) is 0 Å². The number of hydrogen-bond acceptors (Lipinski definition) is 3. The second kappa shape index (κ2) is 16.8. The number of benzene rings is 7. The van der Waals surface area contributed by atoms with Gasteiger partial charge in [0.15, 0.2) is 0 Å². The number of nitrogens with zero attached hydrogens (tertiary/aromatic N) is 3. The minimum absolute atomic E-state index is 0. The third kappa shape index (κ3) is 8.20. The third-order valence-electron chi connectivity index (χ3n) is 11.6. The summed E-state index contributed by atoms with van der Waals surface area (Å²) in [6.07, 6.45) is 1.88. The molecule has 5 heteroatoms. The van der Waals surface area contributed by atoms with Crippen LogP contribution in [0.5, 0.6) is 5.75 Å². The Hall–Kier alpha value is -6.35. The summed E-state index contributed by atoms with van der Waals surface area (Å²) >= 11 is 0. The summed E-state index contributed by atoms with van der Waals surface area (Å²) in [6.45, 7) is 15.3. The predicted molar refractivity (Wildman–Crippen MR) is 254 cm³/mol. The molecule has 0 unspecified atom stereocenters. The number of rotatable bonds is 7. The average molecular weight is 988 g/mol. The van der Waals surface area contributed by atoms with Crippen molar-refractivity contribution >= 4 is 11.0 Å². The van der Waals surface area contributed by atoms with Gasteiger partial charge in [0.25, 0.3) is 0 Å². The topological polar surface area (TPSA) is 50.9 Å². The van der Waals surface area contributed by atoms with Crippen molar-refractivity contribution in [2.24, 2.45) is 0 Å². The number of imidazole rings is 1. The number of aromatic hydroxyl groups is 1. The van der Waals surface area contributed by atoms with Gasteiger partial charge in [0.2, 0.25) is 0 Å². The molecule has 9 aromatic rings. The van der Waals surface area contributed by atoms with Crippen molar-refractivity contribution in [3.63, 3.8) is 0 Å². The third-order valence-corrected chi connectivity index (χ3v) is 11.6. The van der Waals surface area contributed by atoms with Gasteiger partial charge in [-0.15, -0.1) is 23.8 Å². The Labute approximate surface area is 380 Å². The first-order chi connectivity index (χ1) is 29.3. The SMILES string of the molecule is Cc1ccc(-n2c(-c3cc(C(C)(C)C)cc(C(C)(C)C)c3O)nc3c(-c4[c-]c(-c5cc(-c6ccccc6)ccn5)cc(-c5ccccc5)c4)cccc32)c(-c2ccccc2)c1.[Pt]. The minimum atomic E-state index is -0.323. The number of aromatic nitrogens is 3. The molecule has 9 rings (SSSR count). The van der Waals surface area contributed by atoms with Crippen LogP contribution in [0, 0.1) is 13.0 Å². The molecule has 0 radical (unpaired) electrons. The quantitative estimate of drug-likeness (QED) is 0.162. The number of para-hydroxylation sites is 1. The smallest absolute Gasteiger partial charge is 0.148 e. The molecule has 0 atom stereocenters. The zero-order chi connectivity index (χ0) is 42.5. The van der Waals surface area contributed by atoms with Gasteiger partial charge in [0, 0.05) is 44.1 Å². The summed E-state index contributed by atoms with van der Waals surface area (Å²) in [5.74, 6) is 0.922. The molecule has 4 nitrogen and oxygen atoms in total. The van der Waals surface area contributed by atoms with Crippen LogP contribution in [0.25, 0.3) is 83.9 Å². The summed E-state index contributed by atoms with van der Waals surface area (Å²) in [5, 5.41) is 12.4. The van der Waals surface area contributed by atoms with E-state index in [-0.39, 0.29) is 37.6 Å². The molecule has 1 N–H and O–H groups in total. The van der Waals surface area contributed by atoms with Crippen LogP contribution in [0.2, 0.25) is 0 Å². The van der Waals surface area contributed by atoms with Gasteiger partial charge in [-0.05, 0) is 75.9 Å². The number of phenols is 1. The average Bonchev–Trinajstić information content (AvgIpc) is 3.66. The van der Waals surface area contributed by atoms with Gasteiger partial charge in [-0.2, -0.15) is 0 Å². The fourth-order valence-electron chi connectivity index (χ4n) is 8.28. The van der Waals surface area contributed by atoms with Crippen LogP contribution in [-0.2, 0) is 31.9 Å². The van der Waals surface area contributed by atoms with Crippen molar-refractivity contribution in [3.05, 3.63) is 193 Å². The van der Waals surface area contributed by atoms with Gasteiger partial charge in [-0.25, -0.2) is 4.98 Å². The molecule has 62 heavy (non-hydrogen) atoms. The van der Waals surface area contributed by atoms with Crippen LogP contribution in [0.15, 0.2) is 170 Å².